The zero-order valence-electron chi connectivity index (χ0n) is 13.0. The molecule has 4 heteroatoms. The van der Waals surface area contributed by atoms with E-state index >= 15 is 0 Å². The Morgan fingerprint density at radius 2 is 2.05 bits per heavy atom. The Bertz CT molecular complexity index is 477. The van der Waals surface area contributed by atoms with Crippen LogP contribution in [0.5, 0.6) is 5.75 Å². The second-order valence-corrected chi connectivity index (χ2v) is 5.66. The van der Waals surface area contributed by atoms with Crippen molar-refractivity contribution >= 4 is 5.78 Å². The summed E-state index contributed by atoms with van der Waals surface area (Å²) in [5, 5.41) is 10.5. The molecule has 1 unspecified atom stereocenters. The molecule has 1 fully saturated rings. The second-order valence-electron chi connectivity index (χ2n) is 5.66. The molecule has 21 heavy (non-hydrogen) atoms. The van der Waals surface area contributed by atoms with Gasteiger partial charge in [-0.25, -0.2) is 0 Å². The first-order chi connectivity index (χ1) is 10.1. The van der Waals surface area contributed by atoms with Gasteiger partial charge in [0.25, 0.3) is 0 Å². The lowest BCUT2D eigenvalue weighted by atomic mass is 10.0. The van der Waals surface area contributed by atoms with Crippen molar-refractivity contribution in [3.63, 3.8) is 0 Å². The lowest BCUT2D eigenvalue weighted by Crippen LogP contribution is -2.35. The van der Waals surface area contributed by atoms with Crippen molar-refractivity contribution in [1.29, 1.82) is 0 Å². The molecule has 1 atom stereocenters. The van der Waals surface area contributed by atoms with Gasteiger partial charge >= 0.3 is 0 Å². The molecule has 1 aromatic carbocycles. The summed E-state index contributed by atoms with van der Waals surface area (Å²) in [4.78, 5) is 13.5. The predicted octanol–water partition coefficient (Wildman–Crippen LogP) is 2.48. The largest absolute Gasteiger partial charge is 0.493 e. The lowest BCUT2D eigenvalue weighted by molar-refractivity contribution is -0.121. The number of piperidine rings is 1. The molecule has 1 saturated heterocycles. The van der Waals surface area contributed by atoms with Gasteiger partial charge in [0.2, 0.25) is 0 Å². The van der Waals surface area contributed by atoms with Crippen molar-refractivity contribution < 1.29 is 14.6 Å². The number of hydrogen-bond acceptors (Lipinski definition) is 4. The number of ether oxygens (including phenoxy) is 1. The van der Waals surface area contributed by atoms with Crippen LogP contribution in [0.15, 0.2) is 18.2 Å². The fourth-order valence-electron chi connectivity index (χ4n) is 2.70. The van der Waals surface area contributed by atoms with Gasteiger partial charge in [-0.2, -0.15) is 0 Å². The minimum Gasteiger partial charge on any atom is -0.493 e. The quantitative estimate of drug-likeness (QED) is 0.875. The fourth-order valence-corrected chi connectivity index (χ4v) is 2.70. The summed E-state index contributed by atoms with van der Waals surface area (Å²) >= 11 is 0. The highest BCUT2D eigenvalue weighted by Gasteiger charge is 2.19. The minimum absolute atomic E-state index is 0.351. The summed E-state index contributed by atoms with van der Waals surface area (Å²) in [6.45, 7) is 7.00. The lowest BCUT2D eigenvalue weighted by Gasteiger charge is -2.27. The van der Waals surface area contributed by atoms with E-state index < -0.39 is 6.10 Å². The van der Waals surface area contributed by atoms with Crippen LogP contribution in [0.25, 0.3) is 0 Å². The SMILES string of the molecule is CCOc1ccc(C)cc1C(O)CCN1CCC(=O)CC1. The molecule has 0 spiro atoms. The van der Waals surface area contributed by atoms with Crippen molar-refractivity contribution in [1.82, 2.24) is 4.90 Å². The topological polar surface area (TPSA) is 49.8 Å². The van der Waals surface area contributed by atoms with Crippen LogP contribution >= 0.6 is 0 Å². The summed E-state index contributed by atoms with van der Waals surface area (Å²) in [6.07, 6.45) is 1.43. The van der Waals surface area contributed by atoms with Crippen LogP contribution in [0.2, 0.25) is 0 Å². The maximum absolute atomic E-state index is 11.2. The van der Waals surface area contributed by atoms with Crippen LogP contribution in [0.4, 0.5) is 0 Å². The summed E-state index contributed by atoms with van der Waals surface area (Å²) in [7, 11) is 0. The van der Waals surface area contributed by atoms with Gasteiger partial charge in [0.15, 0.2) is 0 Å². The minimum atomic E-state index is -0.524. The van der Waals surface area contributed by atoms with E-state index in [0.717, 1.165) is 36.5 Å². The highest BCUT2D eigenvalue weighted by molar-refractivity contribution is 5.79. The molecule has 0 saturated carbocycles. The normalized spacial score (nSPS) is 17.8. The highest BCUT2D eigenvalue weighted by atomic mass is 16.5. The van der Waals surface area contributed by atoms with Gasteiger partial charge in [-0.3, -0.25) is 4.79 Å². The molecule has 1 aromatic rings. The van der Waals surface area contributed by atoms with Crippen LogP contribution in [-0.4, -0.2) is 42.0 Å². The van der Waals surface area contributed by atoms with Gasteiger partial charge in [0.1, 0.15) is 11.5 Å². The molecular weight excluding hydrogens is 266 g/mol. The summed E-state index contributed by atoms with van der Waals surface area (Å²) in [5.41, 5.74) is 1.99. The van der Waals surface area contributed by atoms with Crippen molar-refractivity contribution in [2.24, 2.45) is 0 Å². The van der Waals surface area contributed by atoms with Crippen molar-refractivity contribution in [3.05, 3.63) is 29.3 Å². The number of carbonyl (C=O) groups is 1. The number of likely N-dealkylation sites (tertiary alicyclic amines) is 1. The maximum Gasteiger partial charge on any atom is 0.135 e. The van der Waals surface area contributed by atoms with E-state index in [-0.39, 0.29) is 0 Å². The van der Waals surface area contributed by atoms with Gasteiger partial charge in [-0.15, -0.1) is 0 Å². The van der Waals surface area contributed by atoms with Crippen molar-refractivity contribution in [2.45, 2.75) is 39.2 Å². The third-order valence-electron chi connectivity index (χ3n) is 3.96. The summed E-state index contributed by atoms with van der Waals surface area (Å²) in [5.74, 6) is 1.12. The van der Waals surface area contributed by atoms with Crippen LogP contribution < -0.4 is 4.74 Å². The Labute approximate surface area is 126 Å². The zero-order chi connectivity index (χ0) is 15.2. The first-order valence-electron chi connectivity index (χ1n) is 7.75. The predicted molar refractivity (Wildman–Crippen MR) is 82.6 cm³/mol. The molecule has 0 radical (unpaired) electrons. The molecule has 1 N–H and O–H groups in total. The van der Waals surface area contributed by atoms with E-state index in [9.17, 15) is 9.90 Å². The molecule has 0 bridgehead atoms. The van der Waals surface area contributed by atoms with E-state index in [4.69, 9.17) is 4.74 Å². The molecule has 1 aliphatic heterocycles. The molecular formula is C17H25NO3. The molecule has 0 amide bonds. The Kier molecular flexibility index (Phi) is 5.76. The number of hydrogen-bond donors (Lipinski definition) is 1. The molecule has 1 heterocycles. The fraction of sp³-hybridized carbons (Fsp3) is 0.588. The number of nitrogens with zero attached hydrogens (tertiary/aromatic N) is 1. The molecule has 4 nitrogen and oxygen atoms in total. The van der Waals surface area contributed by atoms with Gasteiger partial charge < -0.3 is 14.7 Å². The molecule has 1 aliphatic rings. The van der Waals surface area contributed by atoms with Crippen molar-refractivity contribution in [2.75, 3.05) is 26.2 Å². The molecule has 0 aromatic heterocycles. The number of ketones is 1. The van der Waals surface area contributed by atoms with Gasteiger partial charge in [-0.1, -0.05) is 11.6 Å². The first-order valence-corrected chi connectivity index (χ1v) is 7.75. The Morgan fingerprint density at radius 3 is 2.71 bits per heavy atom. The van der Waals surface area contributed by atoms with Crippen LogP contribution in [0.3, 0.4) is 0 Å². The average molecular weight is 291 g/mol. The zero-order valence-corrected chi connectivity index (χ0v) is 13.0. The van der Waals surface area contributed by atoms with Crippen LogP contribution in [-0.2, 0) is 4.79 Å². The number of rotatable bonds is 6. The third-order valence-corrected chi connectivity index (χ3v) is 3.96. The third kappa shape index (κ3) is 4.55. The first kappa shape index (κ1) is 16.0. The molecule has 0 aliphatic carbocycles. The van der Waals surface area contributed by atoms with Crippen LogP contribution in [0, 0.1) is 6.92 Å². The molecule has 2 rings (SSSR count). The van der Waals surface area contributed by atoms with Gasteiger partial charge in [-0.05, 0) is 32.4 Å². The van der Waals surface area contributed by atoms with E-state index in [2.05, 4.69) is 4.90 Å². The van der Waals surface area contributed by atoms with Crippen LogP contribution in [0.1, 0.15) is 43.4 Å². The monoisotopic (exact) mass is 291 g/mol. The van der Waals surface area contributed by atoms with Gasteiger partial charge in [0.05, 0.1) is 12.7 Å². The number of aliphatic hydroxyl groups excluding tert-OH is 1. The Morgan fingerprint density at radius 1 is 1.33 bits per heavy atom. The second kappa shape index (κ2) is 7.57. The Hall–Kier alpha value is -1.39. The van der Waals surface area contributed by atoms with E-state index in [1.807, 2.05) is 32.0 Å². The standard InChI is InChI=1S/C17H25NO3/c1-3-21-17-5-4-13(2)12-15(17)16(20)8-11-18-9-6-14(19)7-10-18/h4-5,12,16,20H,3,6-11H2,1-2H3. The van der Waals surface area contributed by atoms with E-state index in [1.54, 1.807) is 0 Å². The summed E-state index contributed by atoms with van der Waals surface area (Å²) in [6, 6.07) is 5.92. The smallest absolute Gasteiger partial charge is 0.135 e. The number of aliphatic hydroxyl groups is 1. The number of benzene rings is 1. The Balaban J connectivity index is 1.94. The number of aryl methyl sites for hydroxylation is 1. The van der Waals surface area contributed by atoms with Gasteiger partial charge in [0, 0.05) is 38.0 Å². The maximum atomic E-state index is 11.2. The molecule has 116 valence electrons. The van der Waals surface area contributed by atoms with E-state index in [1.165, 1.54) is 0 Å². The number of Topliss-reactive ketones (excluding diaryl/α,β-unsaturated/α-hetero) is 1. The summed E-state index contributed by atoms with van der Waals surface area (Å²) < 4.78 is 5.60. The highest BCUT2D eigenvalue weighted by Crippen LogP contribution is 2.29. The average Bonchev–Trinajstić information content (AvgIpc) is 2.48. The number of carbonyl (C=O) groups excluding carboxylic acids is 1. The van der Waals surface area contributed by atoms with Crippen molar-refractivity contribution in [3.8, 4) is 5.75 Å². The van der Waals surface area contributed by atoms with E-state index in [0.29, 0.717) is 31.7 Å².